The van der Waals surface area contributed by atoms with Crippen LogP contribution in [0.5, 0.6) is 0 Å². The van der Waals surface area contributed by atoms with E-state index in [0.29, 0.717) is 34.9 Å². The van der Waals surface area contributed by atoms with Gasteiger partial charge >= 0.3 is 0 Å². The quantitative estimate of drug-likeness (QED) is 0.663. The number of carbonyl (C=O) groups excluding carboxylic acids is 1. The van der Waals surface area contributed by atoms with E-state index in [-0.39, 0.29) is 22.4 Å². The number of ether oxygens (including phenoxy) is 1. The average Bonchev–Trinajstić information content (AvgIpc) is 3.42. The number of carbonyl (C=O) groups is 1. The number of aromatic nitrogens is 2. The lowest BCUT2D eigenvalue weighted by Crippen LogP contribution is -2.51. The van der Waals surface area contributed by atoms with Crippen molar-refractivity contribution in [2.24, 2.45) is 18.9 Å². The Labute approximate surface area is 204 Å². The van der Waals surface area contributed by atoms with Gasteiger partial charge in [-0.05, 0) is 69.6 Å². The molecule has 0 bridgehead atoms. The first-order chi connectivity index (χ1) is 16.1. The highest BCUT2D eigenvalue weighted by Gasteiger charge is 2.46. The monoisotopic (exact) mass is 489 g/mol. The summed E-state index contributed by atoms with van der Waals surface area (Å²) in [5, 5.41) is 7.43. The van der Waals surface area contributed by atoms with Gasteiger partial charge in [0.1, 0.15) is 17.2 Å². The summed E-state index contributed by atoms with van der Waals surface area (Å²) < 4.78 is 21.0. The van der Waals surface area contributed by atoms with Crippen molar-refractivity contribution in [2.75, 3.05) is 30.7 Å². The van der Waals surface area contributed by atoms with E-state index < -0.39 is 5.82 Å². The smallest absolute Gasteiger partial charge is 0.261 e. The van der Waals surface area contributed by atoms with E-state index in [2.05, 4.69) is 29.2 Å². The summed E-state index contributed by atoms with van der Waals surface area (Å²) in [6.07, 6.45) is 4.42. The summed E-state index contributed by atoms with van der Waals surface area (Å²) in [6, 6.07) is 4.72. The molecule has 3 fully saturated rings. The van der Waals surface area contributed by atoms with Crippen LogP contribution in [0.2, 0.25) is 5.02 Å². The maximum absolute atomic E-state index is 13.5. The SMILES string of the molecule is Cn1nc(C2CC3CC(N4CCOC(C)(C)C4)CC3C2)c(C(=O)Nc2ccc(F)c(Cl)c2)c1N. The number of anilines is 2. The van der Waals surface area contributed by atoms with E-state index >= 15 is 0 Å². The molecule has 34 heavy (non-hydrogen) atoms. The molecular weight excluding hydrogens is 457 g/mol. The second-order valence-corrected chi connectivity index (χ2v) is 11.2. The number of aryl methyl sites for hydroxylation is 1. The van der Waals surface area contributed by atoms with Gasteiger partial charge in [0, 0.05) is 37.8 Å². The number of nitrogens with one attached hydrogen (secondary N) is 1. The molecule has 9 heteroatoms. The number of rotatable bonds is 4. The minimum Gasteiger partial charge on any atom is -0.383 e. The second-order valence-electron chi connectivity index (χ2n) is 10.7. The molecule has 1 aromatic carbocycles. The molecule has 1 saturated heterocycles. The number of nitrogens with two attached hydrogens (primary N) is 1. The summed E-state index contributed by atoms with van der Waals surface area (Å²) in [6.45, 7) is 7.12. The van der Waals surface area contributed by atoms with Gasteiger partial charge in [-0.15, -0.1) is 0 Å². The molecule has 3 N–H and O–H groups in total. The lowest BCUT2D eigenvalue weighted by atomic mass is 9.94. The van der Waals surface area contributed by atoms with Crippen molar-refractivity contribution >= 4 is 29.0 Å². The Kier molecular flexibility index (Phi) is 6.11. The minimum atomic E-state index is -0.530. The van der Waals surface area contributed by atoms with Gasteiger partial charge in [0.15, 0.2) is 0 Å². The van der Waals surface area contributed by atoms with Crippen LogP contribution in [0.3, 0.4) is 0 Å². The van der Waals surface area contributed by atoms with Crippen LogP contribution in [0.15, 0.2) is 18.2 Å². The number of hydrogen-bond donors (Lipinski definition) is 2. The Morgan fingerprint density at radius 2 is 1.97 bits per heavy atom. The van der Waals surface area contributed by atoms with Crippen LogP contribution in [-0.2, 0) is 11.8 Å². The molecule has 7 nitrogen and oxygen atoms in total. The Hall–Kier alpha value is -2.16. The van der Waals surface area contributed by atoms with Crippen LogP contribution in [0.4, 0.5) is 15.9 Å². The van der Waals surface area contributed by atoms with Crippen LogP contribution >= 0.6 is 11.6 Å². The predicted molar refractivity (Wildman–Crippen MR) is 131 cm³/mol. The van der Waals surface area contributed by atoms with Crippen LogP contribution in [0.25, 0.3) is 0 Å². The molecule has 1 aliphatic heterocycles. The third-order valence-corrected chi connectivity index (χ3v) is 8.16. The number of fused-ring (bicyclic) bond motifs is 1. The van der Waals surface area contributed by atoms with Gasteiger partial charge in [0.25, 0.3) is 5.91 Å². The van der Waals surface area contributed by atoms with E-state index in [0.717, 1.165) is 38.2 Å². The Morgan fingerprint density at radius 3 is 2.62 bits per heavy atom. The van der Waals surface area contributed by atoms with Gasteiger partial charge in [0.2, 0.25) is 0 Å². The van der Waals surface area contributed by atoms with Crippen LogP contribution in [0, 0.1) is 17.7 Å². The van der Waals surface area contributed by atoms with Crippen LogP contribution in [-0.4, -0.2) is 51.9 Å². The summed E-state index contributed by atoms with van der Waals surface area (Å²) in [5.41, 5.74) is 7.80. The first-order valence-electron chi connectivity index (χ1n) is 12.1. The van der Waals surface area contributed by atoms with E-state index in [1.165, 1.54) is 31.0 Å². The fourth-order valence-corrected chi connectivity index (χ4v) is 6.50. The molecule has 2 atom stereocenters. The molecule has 3 aliphatic rings. The van der Waals surface area contributed by atoms with Crippen molar-refractivity contribution in [3.05, 3.63) is 40.3 Å². The number of nitrogen functional groups attached to an aromatic ring is 1. The highest BCUT2D eigenvalue weighted by Crippen LogP contribution is 2.52. The van der Waals surface area contributed by atoms with E-state index in [1.807, 2.05) is 0 Å². The standard InChI is InChI=1S/C25H33ClFN5O2/c1-25(2)13-32(6-7-34-25)18-10-14-8-16(9-15(14)11-18)22-21(23(28)31(3)30-22)24(33)29-17-4-5-20(27)19(26)12-17/h4-5,12,14-16,18H,6-11,13,28H2,1-3H3,(H,29,33). The molecule has 2 heterocycles. The van der Waals surface area contributed by atoms with Crippen molar-refractivity contribution in [3.63, 3.8) is 0 Å². The third kappa shape index (κ3) is 4.43. The largest absolute Gasteiger partial charge is 0.383 e. The highest BCUT2D eigenvalue weighted by molar-refractivity contribution is 6.31. The molecule has 0 spiro atoms. The van der Waals surface area contributed by atoms with Crippen molar-refractivity contribution in [3.8, 4) is 0 Å². The first kappa shape index (κ1) is 23.6. The van der Waals surface area contributed by atoms with Gasteiger partial charge < -0.3 is 15.8 Å². The number of morpholine rings is 1. The van der Waals surface area contributed by atoms with Crippen molar-refractivity contribution in [1.29, 1.82) is 0 Å². The number of nitrogens with zero attached hydrogens (tertiary/aromatic N) is 3. The number of amides is 1. The Bertz CT molecular complexity index is 1090. The van der Waals surface area contributed by atoms with E-state index in [4.69, 9.17) is 22.1 Å². The van der Waals surface area contributed by atoms with E-state index in [1.54, 1.807) is 11.7 Å². The summed E-state index contributed by atoms with van der Waals surface area (Å²) in [4.78, 5) is 15.8. The fraction of sp³-hybridized carbons (Fsp3) is 0.600. The maximum Gasteiger partial charge on any atom is 0.261 e. The van der Waals surface area contributed by atoms with Crippen LogP contribution in [0.1, 0.15) is 61.5 Å². The second kappa shape index (κ2) is 8.81. The van der Waals surface area contributed by atoms with Crippen molar-refractivity contribution < 1.29 is 13.9 Å². The third-order valence-electron chi connectivity index (χ3n) is 7.87. The molecule has 5 rings (SSSR count). The van der Waals surface area contributed by atoms with Gasteiger partial charge in [0.05, 0.1) is 22.9 Å². The Balaban J connectivity index is 1.29. The topological polar surface area (TPSA) is 85.4 Å². The maximum atomic E-state index is 13.5. The molecule has 1 aromatic heterocycles. The predicted octanol–water partition coefficient (Wildman–Crippen LogP) is 4.43. The minimum absolute atomic E-state index is 0.0426. The average molecular weight is 490 g/mol. The molecule has 2 unspecified atom stereocenters. The number of hydrogen-bond acceptors (Lipinski definition) is 5. The molecular formula is C25H33ClFN5O2. The zero-order valence-corrected chi connectivity index (χ0v) is 20.7. The van der Waals surface area contributed by atoms with Gasteiger partial charge in [-0.1, -0.05) is 11.6 Å². The summed E-state index contributed by atoms with van der Waals surface area (Å²) in [5.74, 6) is 0.947. The lowest BCUT2D eigenvalue weighted by molar-refractivity contribution is -0.0971. The lowest BCUT2D eigenvalue weighted by Gasteiger charge is -2.41. The molecule has 2 aromatic rings. The zero-order valence-electron chi connectivity index (χ0n) is 20.0. The van der Waals surface area contributed by atoms with E-state index in [9.17, 15) is 9.18 Å². The molecule has 1 amide bonds. The molecule has 2 saturated carbocycles. The van der Waals surface area contributed by atoms with Gasteiger partial charge in [-0.25, -0.2) is 4.39 Å². The van der Waals surface area contributed by atoms with Crippen molar-refractivity contribution in [1.82, 2.24) is 14.7 Å². The van der Waals surface area contributed by atoms with Gasteiger partial charge in [-0.3, -0.25) is 14.4 Å². The highest BCUT2D eigenvalue weighted by atomic mass is 35.5. The van der Waals surface area contributed by atoms with Gasteiger partial charge in [-0.2, -0.15) is 5.10 Å². The number of halogens is 2. The van der Waals surface area contributed by atoms with Crippen LogP contribution < -0.4 is 11.1 Å². The number of benzene rings is 1. The molecule has 2 aliphatic carbocycles. The molecule has 0 radical (unpaired) electrons. The first-order valence-corrected chi connectivity index (χ1v) is 12.5. The zero-order chi connectivity index (χ0) is 24.2. The molecule has 184 valence electrons. The Morgan fingerprint density at radius 1 is 1.26 bits per heavy atom. The summed E-state index contributed by atoms with van der Waals surface area (Å²) in [7, 11) is 1.76. The normalized spacial score (nSPS) is 28.7. The summed E-state index contributed by atoms with van der Waals surface area (Å²) >= 11 is 5.87. The fourth-order valence-electron chi connectivity index (χ4n) is 6.31. The van der Waals surface area contributed by atoms with Crippen molar-refractivity contribution in [2.45, 2.75) is 57.1 Å².